The van der Waals surface area contributed by atoms with Crippen LogP contribution in [0.15, 0.2) is 54.7 Å². The van der Waals surface area contributed by atoms with Crippen molar-refractivity contribution < 1.29 is 53.7 Å². The van der Waals surface area contributed by atoms with Crippen LogP contribution >= 0.6 is 0 Å². The van der Waals surface area contributed by atoms with Crippen LogP contribution in [0.5, 0.6) is 5.75 Å². The maximum Gasteiger partial charge on any atom is 0.326 e. The maximum absolute atomic E-state index is 14.6. The molecule has 348 valence electrons. The molecule has 0 spiro atoms. The molecule has 1 aliphatic heterocycles. The van der Waals surface area contributed by atoms with Gasteiger partial charge in [-0.05, 0) is 67.3 Å². The molecule has 64 heavy (non-hydrogen) atoms. The molecule has 1 fully saturated rings. The molecule has 1 aliphatic rings. The predicted molar refractivity (Wildman–Crippen MR) is 234 cm³/mol. The van der Waals surface area contributed by atoms with Crippen molar-refractivity contribution in [3.8, 4) is 5.75 Å². The van der Waals surface area contributed by atoms with Gasteiger partial charge in [-0.3, -0.25) is 33.6 Å². The van der Waals surface area contributed by atoms with Gasteiger partial charge in [0.2, 0.25) is 41.4 Å². The molecule has 0 bridgehead atoms. The van der Waals surface area contributed by atoms with E-state index in [0.29, 0.717) is 17.5 Å². The van der Waals surface area contributed by atoms with E-state index in [9.17, 15) is 53.7 Å². The zero-order chi connectivity index (χ0) is 47.4. The second-order valence-corrected chi connectivity index (χ2v) is 16.9. The first kappa shape index (κ1) is 50.1. The monoisotopic (exact) mass is 891 g/mol. The second kappa shape index (κ2) is 22.7. The minimum absolute atomic E-state index is 0.0210. The number of amides is 7. The van der Waals surface area contributed by atoms with E-state index in [1.165, 1.54) is 24.0 Å². The topological polar surface area (TPSA) is 328 Å². The second-order valence-electron chi connectivity index (χ2n) is 16.9. The number of aromatic nitrogens is 1. The molecule has 1 aromatic heterocycles. The molecule has 0 saturated carbocycles. The summed E-state index contributed by atoms with van der Waals surface area (Å²) in [6, 6.07) is 4.15. The molecular formula is C44H61N9O11. The predicted octanol–water partition coefficient (Wildman–Crippen LogP) is -0.556. The number of carboxylic acid groups (broad SMARTS) is 1. The number of nitrogens with zero attached hydrogens (tertiary/aromatic N) is 1. The number of para-hydroxylation sites is 1. The summed E-state index contributed by atoms with van der Waals surface area (Å²) >= 11 is 0. The first-order chi connectivity index (χ1) is 30.2. The number of carboxylic acids is 1. The number of hydrogen-bond acceptors (Lipinski definition) is 11. The third-order valence-electron chi connectivity index (χ3n) is 11.2. The fraction of sp³-hybridized carbons (Fsp3) is 0.500. The van der Waals surface area contributed by atoms with Crippen molar-refractivity contribution in [2.24, 2.45) is 23.3 Å². The van der Waals surface area contributed by atoms with Gasteiger partial charge in [0.05, 0.1) is 12.1 Å². The molecule has 2 aromatic carbocycles. The van der Waals surface area contributed by atoms with Crippen LogP contribution in [0.25, 0.3) is 10.9 Å². The highest BCUT2D eigenvalue weighted by atomic mass is 16.4. The highest BCUT2D eigenvalue weighted by molar-refractivity contribution is 5.98. The van der Waals surface area contributed by atoms with Gasteiger partial charge in [0.1, 0.15) is 42.0 Å². The Balaban J connectivity index is 1.62. The quantitative estimate of drug-likeness (QED) is 0.0605. The number of rotatable bonds is 22. The minimum Gasteiger partial charge on any atom is -0.508 e. The van der Waals surface area contributed by atoms with Crippen LogP contribution in [0.3, 0.4) is 0 Å². The van der Waals surface area contributed by atoms with E-state index in [2.05, 4.69) is 31.6 Å². The Bertz CT molecular complexity index is 2160. The van der Waals surface area contributed by atoms with Gasteiger partial charge in [0, 0.05) is 42.9 Å². The Kier molecular flexibility index (Phi) is 17.8. The SMILES string of the molecule is CC(C)C(N)C(=O)NC(C(=O)NC(Cc1ccc(O)cc1)C(=O)N1CCCC1C(=O)NC(Cc1c[nH]c2ccccc12)C(=O)NC(C(=O)NC(CCC(N)=O)C(=O)O)C(C)O)C(C)C. The normalized spacial score (nSPS) is 17.1. The number of aliphatic hydroxyl groups excluding tert-OH is 1. The summed E-state index contributed by atoms with van der Waals surface area (Å²) in [6.07, 6.45) is -0.252. The Morgan fingerprint density at radius 2 is 1.39 bits per heavy atom. The molecule has 20 heteroatoms. The molecule has 1 saturated heterocycles. The van der Waals surface area contributed by atoms with Crippen LogP contribution in [-0.2, 0) is 51.2 Å². The van der Waals surface area contributed by atoms with Crippen molar-refractivity contribution in [2.45, 2.75) is 122 Å². The number of H-pyrrole nitrogens is 1. The summed E-state index contributed by atoms with van der Waals surface area (Å²) in [4.78, 5) is 111. The first-order valence-electron chi connectivity index (χ1n) is 21.3. The van der Waals surface area contributed by atoms with Gasteiger partial charge >= 0.3 is 5.97 Å². The van der Waals surface area contributed by atoms with Crippen molar-refractivity contribution in [3.05, 3.63) is 65.9 Å². The Labute approximate surface area is 370 Å². The highest BCUT2D eigenvalue weighted by Crippen LogP contribution is 2.23. The Morgan fingerprint density at radius 3 is 2.00 bits per heavy atom. The molecule has 7 amide bonds. The maximum atomic E-state index is 14.6. The summed E-state index contributed by atoms with van der Waals surface area (Å²) in [6.45, 7) is 8.28. The number of nitrogens with two attached hydrogens (primary N) is 2. The number of carbonyl (C=O) groups is 8. The standard InChI is InChI=1S/C44H61N9O11/c1-22(2)35(46)40(59)51-36(23(3)4)41(60)50-32(19-25-12-14-27(55)15-13-25)43(62)53-18-8-11-33(53)39(58)49-31(20-26-21-47-29-10-7-6-9-28(26)29)38(57)52-37(24(5)54)42(61)48-30(44(63)64)16-17-34(45)56/h6-7,9-10,12-15,21-24,30-33,35-37,47,54-55H,8,11,16-20,46H2,1-5H3,(H2,45,56)(H,48,61)(H,49,58)(H,50,60)(H,51,59)(H,52,57)(H,63,64). The molecule has 13 N–H and O–H groups in total. The Morgan fingerprint density at radius 1 is 0.766 bits per heavy atom. The highest BCUT2D eigenvalue weighted by Gasteiger charge is 2.41. The van der Waals surface area contributed by atoms with E-state index in [1.807, 2.05) is 6.07 Å². The number of primary amides is 1. The summed E-state index contributed by atoms with van der Waals surface area (Å²) < 4.78 is 0. The number of aliphatic carboxylic acids is 1. The number of benzene rings is 2. The van der Waals surface area contributed by atoms with E-state index in [4.69, 9.17) is 11.5 Å². The molecule has 0 aliphatic carbocycles. The number of nitrogens with one attached hydrogen (secondary N) is 6. The Hall–Kier alpha value is -6.54. The third-order valence-corrected chi connectivity index (χ3v) is 11.2. The van der Waals surface area contributed by atoms with E-state index in [0.717, 1.165) is 10.9 Å². The zero-order valence-corrected chi connectivity index (χ0v) is 36.6. The summed E-state index contributed by atoms with van der Waals surface area (Å²) in [5.74, 6) is -7.50. The first-order valence-corrected chi connectivity index (χ1v) is 21.3. The number of aromatic hydroxyl groups is 1. The molecule has 4 rings (SSSR count). The number of fused-ring (bicyclic) bond motifs is 1. The number of phenolic OH excluding ortho intramolecular Hbond substituents is 1. The number of likely N-dealkylation sites (tertiary alicyclic amines) is 1. The van der Waals surface area contributed by atoms with E-state index in [-0.39, 0.29) is 50.3 Å². The number of hydrogen-bond donors (Lipinski definition) is 11. The molecule has 3 aromatic rings. The summed E-state index contributed by atoms with van der Waals surface area (Å²) in [5, 5.41) is 43.8. The van der Waals surface area contributed by atoms with Crippen LogP contribution in [0, 0.1) is 11.8 Å². The van der Waals surface area contributed by atoms with Crippen LogP contribution in [0.1, 0.15) is 71.4 Å². The van der Waals surface area contributed by atoms with Crippen molar-refractivity contribution in [1.82, 2.24) is 36.5 Å². The van der Waals surface area contributed by atoms with Gasteiger partial charge in [0.25, 0.3) is 0 Å². The van der Waals surface area contributed by atoms with Gasteiger partial charge in [0.15, 0.2) is 0 Å². The number of aliphatic hydroxyl groups is 1. The fourth-order valence-electron chi connectivity index (χ4n) is 7.38. The molecular weight excluding hydrogens is 831 g/mol. The number of phenols is 1. The van der Waals surface area contributed by atoms with Crippen LogP contribution in [0.4, 0.5) is 0 Å². The minimum atomic E-state index is -1.71. The smallest absolute Gasteiger partial charge is 0.326 e. The third kappa shape index (κ3) is 13.5. The lowest BCUT2D eigenvalue weighted by atomic mass is 9.98. The number of aromatic amines is 1. The van der Waals surface area contributed by atoms with Crippen molar-refractivity contribution in [1.29, 1.82) is 0 Å². The molecule has 0 radical (unpaired) electrons. The molecule has 2 heterocycles. The van der Waals surface area contributed by atoms with Crippen molar-refractivity contribution >= 4 is 58.2 Å². The molecule has 8 atom stereocenters. The average molecular weight is 892 g/mol. The van der Waals surface area contributed by atoms with Gasteiger partial charge < -0.3 is 63.3 Å². The lowest BCUT2D eigenvalue weighted by Gasteiger charge is -2.32. The largest absolute Gasteiger partial charge is 0.508 e. The van der Waals surface area contributed by atoms with Crippen molar-refractivity contribution in [3.63, 3.8) is 0 Å². The van der Waals surface area contributed by atoms with Gasteiger partial charge in [-0.25, -0.2) is 4.79 Å². The molecule has 20 nitrogen and oxygen atoms in total. The summed E-state index contributed by atoms with van der Waals surface area (Å²) in [5.41, 5.74) is 13.1. The summed E-state index contributed by atoms with van der Waals surface area (Å²) in [7, 11) is 0. The molecule has 8 unspecified atom stereocenters. The average Bonchev–Trinajstić information content (AvgIpc) is 3.90. The van der Waals surface area contributed by atoms with Gasteiger partial charge in [-0.15, -0.1) is 0 Å². The van der Waals surface area contributed by atoms with E-state index < -0.39 is 102 Å². The van der Waals surface area contributed by atoms with Crippen molar-refractivity contribution in [2.75, 3.05) is 6.54 Å². The van der Waals surface area contributed by atoms with E-state index >= 15 is 0 Å². The van der Waals surface area contributed by atoms with Crippen LogP contribution in [-0.4, -0.2) is 127 Å². The van der Waals surface area contributed by atoms with Gasteiger partial charge in [-0.2, -0.15) is 0 Å². The lowest BCUT2D eigenvalue weighted by Crippen LogP contribution is -2.61. The van der Waals surface area contributed by atoms with Crippen LogP contribution in [0.2, 0.25) is 0 Å². The van der Waals surface area contributed by atoms with Gasteiger partial charge in [-0.1, -0.05) is 58.0 Å². The fourth-order valence-corrected chi connectivity index (χ4v) is 7.38. The lowest BCUT2D eigenvalue weighted by molar-refractivity contribution is -0.143. The van der Waals surface area contributed by atoms with Crippen LogP contribution < -0.4 is 38.1 Å². The zero-order valence-electron chi connectivity index (χ0n) is 36.6. The number of carbonyl (C=O) groups excluding carboxylic acids is 7. The van der Waals surface area contributed by atoms with E-state index in [1.54, 1.807) is 64.2 Å².